The topological polar surface area (TPSA) is 59.4 Å². The number of carboxylic acids is 1. The Morgan fingerprint density at radius 3 is 3.00 bits per heavy atom. The number of hydrogen-bond donors (Lipinski definition) is 1. The Hall–Kier alpha value is -1.23. The second-order valence-electron chi connectivity index (χ2n) is 3.22. The van der Waals surface area contributed by atoms with Gasteiger partial charge in [0.2, 0.25) is 5.88 Å². The molecule has 1 rings (SSSR count). The van der Waals surface area contributed by atoms with Gasteiger partial charge in [-0.3, -0.25) is 4.79 Å². The van der Waals surface area contributed by atoms with Gasteiger partial charge in [0.25, 0.3) is 0 Å². The summed E-state index contributed by atoms with van der Waals surface area (Å²) in [7, 11) is 1.56. The minimum Gasteiger partial charge on any atom is -0.481 e. The zero-order chi connectivity index (χ0) is 12.0. The maximum Gasteiger partial charge on any atom is 0.316 e. The highest BCUT2D eigenvalue weighted by Crippen LogP contribution is 2.24. The molecule has 1 atom stereocenters. The fraction of sp³-hybridized carbons (Fsp3) is 0.455. The molecule has 0 saturated heterocycles. The Bertz CT molecular complexity index is 357. The summed E-state index contributed by atoms with van der Waals surface area (Å²) in [5.41, 5.74) is 0.926. The van der Waals surface area contributed by atoms with E-state index in [1.165, 1.54) is 11.8 Å². The standard InChI is InChI=1S/C11H15NO3S/c1-3-9(11(13)14)16-7-8-5-4-6-12-10(8)15-2/h4-6,9H,3,7H2,1-2H3,(H,13,14). The van der Waals surface area contributed by atoms with Gasteiger partial charge in [0, 0.05) is 17.5 Å². The van der Waals surface area contributed by atoms with Gasteiger partial charge in [0.1, 0.15) is 5.25 Å². The van der Waals surface area contributed by atoms with Crippen molar-refractivity contribution in [2.45, 2.75) is 24.3 Å². The molecule has 0 aliphatic carbocycles. The minimum absolute atomic E-state index is 0.370. The van der Waals surface area contributed by atoms with Gasteiger partial charge >= 0.3 is 5.97 Å². The van der Waals surface area contributed by atoms with Crippen molar-refractivity contribution in [3.8, 4) is 5.88 Å². The molecule has 16 heavy (non-hydrogen) atoms. The summed E-state index contributed by atoms with van der Waals surface area (Å²) in [5.74, 6) is 0.396. The maximum absolute atomic E-state index is 10.8. The Morgan fingerprint density at radius 1 is 1.69 bits per heavy atom. The molecule has 0 fully saturated rings. The molecule has 0 aliphatic rings. The van der Waals surface area contributed by atoms with Gasteiger partial charge in [-0.05, 0) is 12.5 Å². The van der Waals surface area contributed by atoms with Gasteiger partial charge in [-0.2, -0.15) is 0 Å². The molecule has 0 bridgehead atoms. The molecule has 4 nitrogen and oxygen atoms in total. The van der Waals surface area contributed by atoms with Crippen LogP contribution in [0.15, 0.2) is 18.3 Å². The van der Waals surface area contributed by atoms with Crippen molar-refractivity contribution in [1.29, 1.82) is 0 Å². The van der Waals surface area contributed by atoms with Crippen LogP contribution in [0.2, 0.25) is 0 Å². The van der Waals surface area contributed by atoms with E-state index in [0.717, 1.165) is 5.56 Å². The van der Waals surface area contributed by atoms with Crippen LogP contribution >= 0.6 is 11.8 Å². The molecule has 88 valence electrons. The second kappa shape index (κ2) is 6.37. The molecule has 0 amide bonds. The highest BCUT2D eigenvalue weighted by atomic mass is 32.2. The van der Waals surface area contributed by atoms with Crippen molar-refractivity contribution in [1.82, 2.24) is 4.98 Å². The number of thioether (sulfide) groups is 1. The van der Waals surface area contributed by atoms with Crippen molar-refractivity contribution < 1.29 is 14.6 Å². The van der Waals surface area contributed by atoms with Crippen LogP contribution in [0.1, 0.15) is 18.9 Å². The van der Waals surface area contributed by atoms with E-state index >= 15 is 0 Å². The monoisotopic (exact) mass is 241 g/mol. The maximum atomic E-state index is 10.8. The lowest BCUT2D eigenvalue weighted by atomic mass is 10.3. The van der Waals surface area contributed by atoms with E-state index in [4.69, 9.17) is 9.84 Å². The zero-order valence-electron chi connectivity index (χ0n) is 9.34. The number of rotatable bonds is 6. The lowest BCUT2D eigenvalue weighted by molar-refractivity contribution is -0.136. The third-order valence-electron chi connectivity index (χ3n) is 2.13. The average Bonchev–Trinajstić information content (AvgIpc) is 2.30. The van der Waals surface area contributed by atoms with E-state index in [9.17, 15) is 4.79 Å². The van der Waals surface area contributed by atoms with Crippen molar-refractivity contribution >= 4 is 17.7 Å². The highest BCUT2D eigenvalue weighted by molar-refractivity contribution is 7.99. The van der Waals surface area contributed by atoms with Gasteiger partial charge in [-0.15, -0.1) is 11.8 Å². The zero-order valence-corrected chi connectivity index (χ0v) is 10.2. The number of methoxy groups -OCH3 is 1. The van der Waals surface area contributed by atoms with Crippen LogP contribution in [0, 0.1) is 0 Å². The molecule has 1 unspecified atom stereocenters. The smallest absolute Gasteiger partial charge is 0.316 e. The van der Waals surface area contributed by atoms with E-state index in [-0.39, 0.29) is 5.25 Å². The highest BCUT2D eigenvalue weighted by Gasteiger charge is 2.16. The lowest BCUT2D eigenvalue weighted by Gasteiger charge is -2.10. The van der Waals surface area contributed by atoms with Gasteiger partial charge in [-0.1, -0.05) is 13.0 Å². The first-order chi connectivity index (χ1) is 7.69. The third kappa shape index (κ3) is 3.41. The Morgan fingerprint density at radius 2 is 2.44 bits per heavy atom. The Balaban J connectivity index is 2.63. The van der Waals surface area contributed by atoms with E-state index < -0.39 is 5.97 Å². The molecule has 5 heteroatoms. The van der Waals surface area contributed by atoms with Gasteiger partial charge < -0.3 is 9.84 Å². The fourth-order valence-corrected chi connectivity index (χ4v) is 2.25. The third-order valence-corrected chi connectivity index (χ3v) is 3.54. The van der Waals surface area contributed by atoms with E-state index in [0.29, 0.717) is 18.1 Å². The number of ether oxygens (including phenoxy) is 1. The minimum atomic E-state index is -0.768. The predicted octanol–water partition coefficient (Wildman–Crippen LogP) is 2.19. The van der Waals surface area contributed by atoms with Gasteiger partial charge in [0.05, 0.1) is 7.11 Å². The molecule has 1 N–H and O–H groups in total. The number of nitrogens with zero attached hydrogens (tertiary/aromatic N) is 1. The van der Waals surface area contributed by atoms with Crippen LogP contribution in [0.25, 0.3) is 0 Å². The molecule has 1 aromatic rings. The number of hydrogen-bond acceptors (Lipinski definition) is 4. The van der Waals surface area contributed by atoms with E-state index in [1.54, 1.807) is 13.3 Å². The SMILES string of the molecule is CCC(SCc1cccnc1OC)C(=O)O. The van der Waals surface area contributed by atoms with Crippen molar-refractivity contribution in [2.75, 3.05) is 7.11 Å². The summed E-state index contributed by atoms with van der Waals surface area (Å²) in [6.45, 7) is 1.87. The molecule has 0 spiro atoms. The Labute approximate surface area is 99.0 Å². The van der Waals surface area contributed by atoms with Crippen molar-refractivity contribution in [2.24, 2.45) is 0 Å². The number of aliphatic carboxylic acids is 1. The fourth-order valence-electron chi connectivity index (χ4n) is 1.27. The molecular weight excluding hydrogens is 226 g/mol. The number of pyridine rings is 1. The first-order valence-corrected chi connectivity index (χ1v) is 6.06. The molecule has 0 aromatic carbocycles. The number of carboxylic acid groups (broad SMARTS) is 1. The van der Waals surface area contributed by atoms with E-state index in [1.807, 2.05) is 19.1 Å². The van der Waals surface area contributed by atoms with Crippen LogP contribution in [0.4, 0.5) is 0 Å². The quantitative estimate of drug-likeness (QED) is 0.827. The predicted molar refractivity (Wildman–Crippen MR) is 63.8 cm³/mol. The van der Waals surface area contributed by atoms with Crippen molar-refractivity contribution in [3.63, 3.8) is 0 Å². The summed E-state index contributed by atoms with van der Waals surface area (Å²) in [6, 6.07) is 3.72. The summed E-state index contributed by atoms with van der Waals surface area (Å²) < 4.78 is 5.10. The molecule has 0 saturated carbocycles. The van der Waals surface area contributed by atoms with Crippen molar-refractivity contribution in [3.05, 3.63) is 23.9 Å². The summed E-state index contributed by atoms with van der Waals surface area (Å²) in [4.78, 5) is 14.9. The molecular formula is C11H15NO3S. The number of aromatic nitrogens is 1. The van der Waals surface area contributed by atoms with Crippen LogP contribution in [-0.4, -0.2) is 28.4 Å². The molecule has 0 radical (unpaired) electrons. The first kappa shape index (κ1) is 12.8. The molecule has 1 heterocycles. The largest absolute Gasteiger partial charge is 0.481 e. The van der Waals surface area contributed by atoms with Crippen LogP contribution in [0.3, 0.4) is 0 Å². The lowest BCUT2D eigenvalue weighted by Crippen LogP contribution is -2.15. The molecule has 0 aliphatic heterocycles. The van der Waals surface area contributed by atoms with E-state index in [2.05, 4.69) is 4.98 Å². The average molecular weight is 241 g/mol. The van der Waals surface area contributed by atoms with Crippen LogP contribution in [0.5, 0.6) is 5.88 Å². The summed E-state index contributed by atoms with van der Waals surface area (Å²) >= 11 is 1.39. The van der Waals surface area contributed by atoms with Gasteiger partial charge in [0.15, 0.2) is 0 Å². The summed E-state index contributed by atoms with van der Waals surface area (Å²) in [5, 5.41) is 8.54. The molecule has 1 aromatic heterocycles. The van der Waals surface area contributed by atoms with Crippen LogP contribution < -0.4 is 4.74 Å². The Kier molecular flexibility index (Phi) is 5.11. The normalized spacial score (nSPS) is 12.1. The number of carbonyl (C=O) groups is 1. The van der Waals surface area contributed by atoms with Gasteiger partial charge in [-0.25, -0.2) is 4.98 Å². The summed E-state index contributed by atoms with van der Waals surface area (Å²) in [6.07, 6.45) is 2.27. The first-order valence-electron chi connectivity index (χ1n) is 5.01. The van der Waals surface area contributed by atoms with Crippen LogP contribution in [-0.2, 0) is 10.5 Å². The second-order valence-corrected chi connectivity index (χ2v) is 4.41.